The van der Waals surface area contributed by atoms with Crippen molar-refractivity contribution in [2.45, 2.75) is 18.7 Å². The van der Waals surface area contributed by atoms with E-state index in [1.54, 1.807) is 4.72 Å². The van der Waals surface area contributed by atoms with Crippen molar-refractivity contribution in [3.63, 3.8) is 0 Å². The highest BCUT2D eigenvalue weighted by Crippen LogP contribution is 2.26. The van der Waals surface area contributed by atoms with E-state index in [9.17, 15) is 30.8 Å². The first-order valence-corrected chi connectivity index (χ1v) is 7.75. The van der Waals surface area contributed by atoms with Gasteiger partial charge in [0.1, 0.15) is 0 Å². The Morgan fingerprint density at radius 2 is 1.52 bits per heavy atom. The van der Waals surface area contributed by atoms with Gasteiger partial charge < -0.3 is 5.32 Å². The number of rotatable bonds is 6. The molecule has 0 unspecified atom stereocenters. The Hall–Kier alpha value is -1.94. The lowest BCUT2D eigenvalue weighted by atomic mass is 10.2. The van der Waals surface area contributed by atoms with E-state index in [0.717, 1.165) is 6.92 Å². The van der Waals surface area contributed by atoms with Crippen LogP contribution in [0.5, 0.6) is 0 Å². The minimum absolute atomic E-state index is 0.174. The highest BCUT2D eigenvalue weighted by Gasteiger charge is 2.31. The summed E-state index contributed by atoms with van der Waals surface area (Å²) in [7, 11) is -4.86. The summed E-state index contributed by atoms with van der Waals surface area (Å²) in [5.74, 6) is -8.16. The average Bonchev–Trinajstić information content (AvgIpc) is 2.47. The zero-order valence-electron chi connectivity index (χ0n) is 12.3. The Bertz CT molecular complexity index is 734. The number of carbonyl (C=O) groups is 1. The summed E-state index contributed by atoms with van der Waals surface area (Å²) in [5.41, 5.74) is -0.791. The maximum Gasteiger partial charge on any atom is 0.246 e. The van der Waals surface area contributed by atoms with E-state index < -0.39 is 56.2 Å². The molecule has 0 spiro atoms. The van der Waals surface area contributed by atoms with E-state index in [2.05, 4.69) is 11.9 Å². The first kappa shape index (κ1) is 19.1. The van der Waals surface area contributed by atoms with Crippen molar-refractivity contribution in [1.82, 2.24) is 10.0 Å². The van der Waals surface area contributed by atoms with Crippen molar-refractivity contribution in [2.75, 3.05) is 13.1 Å². The summed E-state index contributed by atoms with van der Waals surface area (Å²) in [5, 5.41) is 2.27. The third kappa shape index (κ3) is 4.08. The maximum absolute atomic E-state index is 13.7. The number of amides is 1. The maximum atomic E-state index is 13.7. The first-order valence-electron chi connectivity index (χ1n) is 6.26. The van der Waals surface area contributed by atoms with Crippen molar-refractivity contribution in [3.05, 3.63) is 41.0 Å². The van der Waals surface area contributed by atoms with Gasteiger partial charge in [-0.25, -0.2) is 30.7 Å². The Kier molecular flexibility index (Phi) is 5.89. The molecule has 5 nitrogen and oxygen atoms in total. The lowest BCUT2D eigenvalue weighted by molar-refractivity contribution is -0.117. The van der Waals surface area contributed by atoms with Gasteiger partial charge in [-0.05, 0) is 13.8 Å². The zero-order chi connectivity index (χ0) is 17.9. The molecule has 1 amide bonds. The molecule has 1 aromatic carbocycles. The topological polar surface area (TPSA) is 75.3 Å². The fraction of sp³-hybridized carbons (Fsp3) is 0.308. The van der Waals surface area contributed by atoms with E-state index in [-0.39, 0.29) is 12.1 Å². The molecule has 1 rings (SSSR count). The lowest BCUT2D eigenvalue weighted by Gasteiger charge is -2.12. The Morgan fingerprint density at radius 3 is 1.96 bits per heavy atom. The SMILES string of the molecule is C=C(C)C(=O)NCCNS(=O)(=O)c1c(F)c(F)c(C)c(F)c1F. The predicted octanol–water partition coefficient (Wildman–Crippen LogP) is 1.52. The van der Waals surface area contributed by atoms with Gasteiger partial charge in [0.2, 0.25) is 15.9 Å². The molecule has 1 aromatic rings. The molecule has 0 aliphatic rings. The smallest absolute Gasteiger partial charge is 0.246 e. The summed E-state index contributed by atoms with van der Waals surface area (Å²) in [6, 6.07) is 0. The van der Waals surface area contributed by atoms with E-state index in [0.29, 0.717) is 0 Å². The number of hydrogen-bond donors (Lipinski definition) is 2. The second-order valence-corrected chi connectivity index (χ2v) is 6.35. The number of carbonyl (C=O) groups excluding carboxylic acids is 1. The molecule has 0 bridgehead atoms. The van der Waals surface area contributed by atoms with Crippen molar-refractivity contribution in [3.8, 4) is 0 Å². The second-order valence-electron chi connectivity index (χ2n) is 4.64. The summed E-state index contributed by atoms with van der Waals surface area (Å²) in [4.78, 5) is 9.42. The lowest BCUT2D eigenvalue weighted by Crippen LogP contribution is -2.35. The van der Waals surface area contributed by atoms with Crippen LogP contribution in [0.3, 0.4) is 0 Å². The van der Waals surface area contributed by atoms with Crippen LogP contribution in [0.4, 0.5) is 17.6 Å². The summed E-state index contributed by atoms with van der Waals surface area (Å²) in [6.45, 7) is 4.87. The van der Waals surface area contributed by atoms with Crippen molar-refractivity contribution in [1.29, 1.82) is 0 Å². The van der Waals surface area contributed by atoms with Crippen LogP contribution in [-0.2, 0) is 14.8 Å². The van der Waals surface area contributed by atoms with Gasteiger partial charge in [0.05, 0.1) is 0 Å². The molecule has 0 aliphatic heterocycles. The monoisotopic (exact) mass is 354 g/mol. The summed E-state index contributed by atoms with van der Waals surface area (Å²) < 4.78 is 79.5. The molecule has 0 heterocycles. The average molecular weight is 354 g/mol. The van der Waals surface area contributed by atoms with Crippen LogP contribution in [0.25, 0.3) is 0 Å². The van der Waals surface area contributed by atoms with E-state index in [1.165, 1.54) is 6.92 Å². The molecule has 0 atom stereocenters. The zero-order valence-corrected chi connectivity index (χ0v) is 13.1. The number of hydrogen-bond acceptors (Lipinski definition) is 3. The fourth-order valence-corrected chi connectivity index (χ4v) is 2.71. The molecule has 23 heavy (non-hydrogen) atoms. The Morgan fingerprint density at radius 1 is 1.04 bits per heavy atom. The van der Waals surface area contributed by atoms with Crippen LogP contribution in [-0.4, -0.2) is 27.4 Å². The minimum atomic E-state index is -4.86. The molecule has 0 fully saturated rings. The van der Waals surface area contributed by atoms with Gasteiger partial charge in [0.15, 0.2) is 28.2 Å². The molecule has 128 valence electrons. The van der Waals surface area contributed by atoms with E-state index in [4.69, 9.17) is 0 Å². The van der Waals surface area contributed by atoms with Crippen LogP contribution in [0.2, 0.25) is 0 Å². The van der Waals surface area contributed by atoms with Crippen molar-refractivity contribution in [2.24, 2.45) is 0 Å². The fourth-order valence-electron chi connectivity index (χ4n) is 1.54. The van der Waals surface area contributed by atoms with Gasteiger partial charge in [-0.15, -0.1) is 0 Å². The molecule has 0 radical (unpaired) electrons. The predicted molar refractivity (Wildman–Crippen MR) is 74.0 cm³/mol. The van der Waals surface area contributed by atoms with E-state index >= 15 is 0 Å². The van der Waals surface area contributed by atoms with E-state index in [1.807, 2.05) is 0 Å². The van der Waals surface area contributed by atoms with Gasteiger partial charge in [-0.1, -0.05) is 6.58 Å². The summed E-state index contributed by atoms with van der Waals surface area (Å²) >= 11 is 0. The third-order valence-corrected chi connectivity index (χ3v) is 4.28. The summed E-state index contributed by atoms with van der Waals surface area (Å²) in [6.07, 6.45) is 0. The second kappa shape index (κ2) is 7.09. The minimum Gasteiger partial charge on any atom is -0.351 e. The Balaban J connectivity index is 2.98. The highest BCUT2D eigenvalue weighted by atomic mass is 32.2. The molecule has 10 heteroatoms. The number of nitrogens with one attached hydrogen (secondary N) is 2. The number of benzene rings is 1. The number of sulfonamides is 1. The normalized spacial score (nSPS) is 11.4. The van der Waals surface area contributed by atoms with Gasteiger partial charge in [-0.3, -0.25) is 4.79 Å². The molecular formula is C13H14F4N2O3S. The van der Waals surface area contributed by atoms with Crippen LogP contribution in [0, 0.1) is 30.2 Å². The van der Waals surface area contributed by atoms with Gasteiger partial charge in [0.25, 0.3) is 0 Å². The quantitative estimate of drug-likeness (QED) is 0.352. The van der Waals surface area contributed by atoms with Crippen molar-refractivity contribution >= 4 is 15.9 Å². The van der Waals surface area contributed by atoms with Gasteiger partial charge in [-0.2, -0.15) is 0 Å². The molecule has 0 saturated carbocycles. The third-order valence-electron chi connectivity index (χ3n) is 2.80. The van der Waals surface area contributed by atoms with Crippen molar-refractivity contribution < 1.29 is 30.8 Å². The van der Waals surface area contributed by atoms with Crippen LogP contribution >= 0.6 is 0 Å². The molecule has 0 aliphatic carbocycles. The standard InChI is InChI=1S/C13H14F4N2O3S/c1-6(2)13(20)18-4-5-19-23(21,22)12-10(16)8(14)7(3)9(15)11(12)17/h19H,1,4-5H2,2-3H3,(H,18,20). The highest BCUT2D eigenvalue weighted by molar-refractivity contribution is 7.89. The van der Waals surface area contributed by atoms with Crippen LogP contribution in [0.1, 0.15) is 12.5 Å². The number of halogens is 4. The molecule has 0 aromatic heterocycles. The Labute approximate surface area is 130 Å². The molecule has 2 N–H and O–H groups in total. The first-order chi connectivity index (χ1) is 10.5. The molecular weight excluding hydrogens is 340 g/mol. The largest absolute Gasteiger partial charge is 0.351 e. The van der Waals surface area contributed by atoms with Crippen LogP contribution < -0.4 is 10.0 Å². The van der Waals surface area contributed by atoms with Gasteiger partial charge in [0, 0.05) is 24.2 Å². The van der Waals surface area contributed by atoms with Gasteiger partial charge >= 0.3 is 0 Å². The van der Waals surface area contributed by atoms with Crippen LogP contribution in [0.15, 0.2) is 17.0 Å². The molecule has 0 saturated heterocycles.